The molecule has 0 aromatic rings. The molecule has 1 aliphatic carbocycles. The Morgan fingerprint density at radius 1 is 0.585 bits per heavy atom. The highest BCUT2D eigenvalue weighted by atomic mass is 32.3. The van der Waals surface area contributed by atoms with E-state index in [1.165, 1.54) is 0 Å². The lowest BCUT2D eigenvalue weighted by Gasteiger charge is -2.44. The molecule has 0 spiro atoms. The highest BCUT2D eigenvalue weighted by molar-refractivity contribution is 8.34. The van der Waals surface area contributed by atoms with Crippen LogP contribution in [-0.4, -0.2) is 77.9 Å². The van der Waals surface area contributed by atoms with Gasteiger partial charge in [0.1, 0.15) is 5.78 Å². The zero-order valence-corrected chi connectivity index (χ0v) is 21.2. The summed E-state index contributed by atoms with van der Waals surface area (Å²) in [7, 11) is -11.4. The van der Waals surface area contributed by atoms with Crippen LogP contribution in [0.4, 0.5) is 74.6 Å². The number of rotatable bonds is 10. The first kappa shape index (κ1) is 35.9. The van der Waals surface area contributed by atoms with E-state index in [1.807, 2.05) is 0 Å². The molecule has 23 heteroatoms. The minimum atomic E-state index is -8.90. The molecule has 244 valence electrons. The van der Waals surface area contributed by atoms with Crippen LogP contribution in [0.3, 0.4) is 0 Å². The van der Waals surface area contributed by atoms with Crippen LogP contribution >= 0.6 is 10.3 Å². The van der Waals surface area contributed by atoms with E-state index in [1.54, 1.807) is 0 Å². The molecule has 0 radical (unpaired) electrons. The van der Waals surface area contributed by atoms with Crippen molar-refractivity contribution in [1.82, 2.24) is 0 Å². The number of hydrogen-bond acceptors (Lipinski definition) is 4. The Balaban J connectivity index is 2.61. The first-order valence-electron chi connectivity index (χ1n) is 10.9. The van der Waals surface area contributed by atoms with Crippen LogP contribution in [0.2, 0.25) is 0 Å². The maximum Gasteiger partial charge on any atom is 0.460 e. The van der Waals surface area contributed by atoms with Crippen LogP contribution in [0.1, 0.15) is 38.5 Å². The first-order valence-corrected chi connectivity index (χ1v) is 14.3. The zero-order valence-electron chi connectivity index (χ0n) is 19.6. The van der Waals surface area contributed by atoms with Gasteiger partial charge in [-0.1, -0.05) is 6.42 Å². The van der Waals surface area contributed by atoms with Gasteiger partial charge in [0.15, 0.2) is 0 Å². The van der Waals surface area contributed by atoms with Gasteiger partial charge in [-0.05, 0) is 25.7 Å². The predicted octanol–water partition coefficient (Wildman–Crippen LogP) is 7.32. The van der Waals surface area contributed by atoms with Crippen molar-refractivity contribution >= 4 is 26.2 Å². The lowest BCUT2D eigenvalue weighted by molar-refractivity contribution is -0.458. The minimum absolute atomic E-state index is 0.0977. The second-order valence-corrected chi connectivity index (χ2v) is 14.3. The Labute approximate surface area is 220 Å². The van der Waals surface area contributed by atoms with Crippen LogP contribution in [0, 0.1) is 0 Å². The maximum atomic E-state index is 14.5. The van der Waals surface area contributed by atoms with E-state index in [9.17, 15) is 87.8 Å². The summed E-state index contributed by atoms with van der Waals surface area (Å²) in [6, 6.07) is 0. The summed E-state index contributed by atoms with van der Waals surface area (Å²) < 4.78 is 258. The van der Waals surface area contributed by atoms with Crippen LogP contribution < -0.4 is 0 Å². The largest absolute Gasteiger partial charge is 0.460 e. The Kier molecular flexibility index (Phi) is 8.89. The van der Waals surface area contributed by atoms with Gasteiger partial charge in [-0.2, -0.15) is 83.1 Å². The molecule has 4 nitrogen and oxygen atoms in total. The number of alkyl halides is 17. The minimum Gasteiger partial charge on any atom is -0.298 e. The summed E-state index contributed by atoms with van der Waals surface area (Å²) in [4.78, 5) is 12.3. The molecule has 0 amide bonds. The van der Waals surface area contributed by atoms with Crippen LogP contribution in [0.15, 0.2) is 0 Å². The standard InChI is InChI=1S/C18H17F17O4S2/c19-11(20,13(23,24)15(27,28)17(31,32)33)12(21,22)14(25,26)16(29,30)18(34,35)41(37,38)39-40(7-3-4-8-40)10-6-2-1-5-9(10)36/h10H,1-8H2. The summed E-state index contributed by atoms with van der Waals surface area (Å²) >= 11 is 0. The van der Waals surface area contributed by atoms with Crippen molar-refractivity contribution in [2.45, 2.75) is 90.7 Å². The lowest BCUT2D eigenvalue weighted by Crippen LogP contribution is -2.75. The van der Waals surface area contributed by atoms with Crippen molar-refractivity contribution in [3.63, 3.8) is 0 Å². The Morgan fingerprint density at radius 3 is 1.37 bits per heavy atom. The number of hydrogen-bond donors (Lipinski definition) is 0. The van der Waals surface area contributed by atoms with Crippen LogP contribution in [0.25, 0.3) is 0 Å². The molecule has 1 unspecified atom stereocenters. The molecule has 1 heterocycles. The normalized spacial score (nSPS) is 23.5. The number of halogens is 17. The van der Waals surface area contributed by atoms with Gasteiger partial charge in [-0.25, -0.2) is 3.63 Å². The van der Waals surface area contributed by atoms with Gasteiger partial charge in [-0.15, -0.1) is 10.3 Å². The molecule has 2 fully saturated rings. The van der Waals surface area contributed by atoms with Gasteiger partial charge in [-0.3, -0.25) is 4.79 Å². The summed E-state index contributed by atoms with van der Waals surface area (Å²) in [5.74, 6) is -54.0. The number of Topliss-reactive ketones (excluding diaryl/α,β-unsaturated/α-hetero) is 1. The SMILES string of the molecule is O=C1CCCCC1S1(OS(=O)(=O)C(F)(F)C(F)(F)C(F)(F)C(F)(F)C(F)(F)C(F)(F)C(F)(F)C(F)(F)F)CCCC1. The van der Waals surface area contributed by atoms with E-state index in [0.717, 1.165) is 0 Å². The molecule has 41 heavy (non-hydrogen) atoms. The molecule has 0 aromatic heterocycles. The highest BCUT2D eigenvalue weighted by Gasteiger charge is 2.96. The molecule has 0 N–H and O–H groups in total. The van der Waals surface area contributed by atoms with Gasteiger partial charge < -0.3 is 0 Å². The second kappa shape index (κ2) is 10.1. The van der Waals surface area contributed by atoms with Crippen molar-refractivity contribution in [1.29, 1.82) is 0 Å². The average Bonchev–Trinajstić information content (AvgIpc) is 3.26. The van der Waals surface area contributed by atoms with E-state index in [4.69, 9.17) is 0 Å². The summed E-state index contributed by atoms with van der Waals surface area (Å²) in [6.45, 7) is 0. The molecular weight excluding hydrogens is 667 g/mol. The zero-order chi connectivity index (χ0) is 32.5. The molecular formula is C18H17F17O4S2. The number of ketones is 1. The third-order valence-corrected chi connectivity index (χ3v) is 12.7. The van der Waals surface area contributed by atoms with E-state index < -0.39 is 89.9 Å². The van der Waals surface area contributed by atoms with Gasteiger partial charge >= 0.3 is 57.1 Å². The molecule has 1 atom stereocenters. The maximum absolute atomic E-state index is 14.5. The fraction of sp³-hybridized carbons (Fsp3) is 0.944. The van der Waals surface area contributed by atoms with Gasteiger partial charge in [0.2, 0.25) is 0 Å². The van der Waals surface area contributed by atoms with Crippen molar-refractivity contribution in [2.75, 3.05) is 11.5 Å². The highest BCUT2D eigenvalue weighted by Crippen LogP contribution is 2.67. The van der Waals surface area contributed by atoms with Crippen LogP contribution in [-0.2, 0) is 18.5 Å². The lowest BCUT2D eigenvalue weighted by atomic mass is 9.91. The number of carbonyl (C=O) groups is 1. The van der Waals surface area contributed by atoms with Crippen molar-refractivity contribution in [3.8, 4) is 0 Å². The monoisotopic (exact) mass is 684 g/mol. The molecule has 1 saturated carbocycles. The van der Waals surface area contributed by atoms with E-state index in [-0.39, 0.29) is 38.5 Å². The van der Waals surface area contributed by atoms with E-state index in [2.05, 4.69) is 3.63 Å². The smallest absolute Gasteiger partial charge is 0.298 e. The van der Waals surface area contributed by atoms with Crippen molar-refractivity contribution in [3.05, 3.63) is 0 Å². The van der Waals surface area contributed by atoms with Crippen molar-refractivity contribution in [2.24, 2.45) is 0 Å². The Hall–Kier alpha value is -1.26. The van der Waals surface area contributed by atoms with Crippen molar-refractivity contribution < 1.29 is 91.5 Å². The Morgan fingerprint density at radius 2 is 0.976 bits per heavy atom. The number of carbonyl (C=O) groups excluding carboxylic acids is 1. The summed E-state index contributed by atoms with van der Waals surface area (Å²) in [5, 5.41) is -9.28. The third kappa shape index (κ3) is 4.95. The van der Waals surface area contributed by atoms with Crippen LogP contribution in [0.5, 0.6) is 0 Å². The summed E-state index contributed by atoms with van der Waals surface area (Å²) in [6.07, 6.45) is -8.31. The second-order valence-electron chi connectivity index (χ2n) is 9.17. The topological polar surface area (TPSA) is 60.4 Å². The van der Waals surface area contributed by atoms with Gasteiger partial charge in [0.05, 0.1) is 5.25 Å². The Bertz CT molecular complexity index is 1110. The molecule has 0 aromatic carbocycles. The van der Waals surface area contributed by atoms with Gasteiger partial charge in [0, 0.05) is 17.9 Å². The predicted molar refractivity (Wildman–Crippen MR) is 105 cm³/mol. The molecule has 2 aliphatic rings. The third-order valence-electron chi connectivity index (χ3n) is 6.48. The van der Waals surface area contributed by atoms with E-state index in [0.29, 0.717) is 0 Å². The molecule has 1 saturated heterocycles. The molecule has 0 bridgehead atoms. The molecule has 2 rings (SSSR count). The van der Waals surface area contributed by atoms with E-state index >= 15 is 0 Å². The quantitative estimate of drug-likeness (QED) is 0.227. The fourth-order valence-electron chi connectivity index (χ4n) is 4.13. The average molecular weight is 684 g/mol. The molecule has 1 aliphatic heterocycles. The first-order chi connectivity index (χ1) is 17.9. The fourth-order valence-corrected chi connectivity index (χ4v) is 10.6. The summed E-state index contributed by atoms with van der Waals surface area (Å²) in [5.41, 5.74) is 0. The van der Waals surface area contributed by atoms with Gasteiger partial charge in [0.25, 0.3) is 0 Å².